The Bertz CT molecular complexity index is 422. The highest BCUT2D eigenvalue weighted by Gasteiger charge is 2.14. The first-order chi connectivity index (χ1) is 8.74. The molecule has 4 heteroatoms. The van der Waals surface area contributed by atoms with Crippen LogP contribution in [-0.2, 0) is 4.79 Å². The third-order valence-corrected chi connectivity index (χ3v) is 3.02. The maximum Gasteiger partial charge on any atom is 0.244 e. The summed E-state index contributed by atoms with van der Waals surface area (Å²) in [5.41, 5.74) is 0.814. The molecule has 1 aliphatic rings. The van der Waals surface area contributed by atoms with Crippen molar-refractivity contribution in [3.8, 4) is 0 Å². The van der Waals surface area contributed by atoms with Crippen molar-refractivity contribution in [3.05, 3.63) is 41.7 Å². The van der Waals surface area contributed by atoms with Crippen molar-refractivity contribution < 1.29 is 9.18 Å². The van der Waals surface area contributed by atoms with E-state index in [-0.39, 0.29) is 11.7 Å². The average molecular weight is 248 g/mol. The SMILES string of the molecule is O=C(/C=C/c1ccc(F)cc1)NCC1CCNC1. The molecule has 1 aromatic rings. The summed E-state index contributed by atoms with van der Waals surface area (Å²) in [5.74, 6) is 0.157. The second kappa shape index (κ2) is 6.31. The molecule has 2 N–H and O–H groups in total. The molecule has 1 aliphatic heterocycles. The molecule has 0 bridgehead atoms. The molecule has 0 aromatic heterocycles. The molecule has 1 heterocycles. The van der Waals surface area contributed by atoms with Gasteiger partial charge in [-0.2, -0.15) is 0 Å². The number of benzene rings is 1. The molecule has 1 saturated heterocycles. The Labute approximate surface area is 106 Å². The van der Waals surface area contributed by atoms with Crippen molar-refractivity contribution in [2.24, 2.45) is 5.92 Å². The zero-order valence-electron chi connectivity index (χ0n) is 10.2. The molecule has 3 nitrogen and oxygen atoms in total. The average Bonchev–Trinajstić information content (AvgIpc) is 2.89. The topological polar surface area (TPSA) is 41.1 Å². The number of amides is 1. The van der Waals surface area contributed by atoms with E-state index in [4.69, 9.17) is 0 Å². The smallest absolute Gasteiger partial charge is 0.244 e. The van der Waals surface area contributed by atoms with Gasteiger partial charge >= 0.3 is 0 Å². The lowest BCUT2D eigenvalue weighted by Crippen LogP contribution is -2.28. The van der Waals surface area contributed by atoms with Crippen LogP contribution in [0.3, 0.4) is 0 Å². The fraction of sp³-hybridized carbons (Fsp3) is 0.357. The van der Waals surface area contributed by atoms with Crippen LogP contribution in [0.1, 0.15) is 12.0 Å². The second-order valence-electron chi connectivity index (χ2n) is 4.49. The van der Waals surface area contributed by atoms with Gasteiger partial charge in [-0.25, -0.2) is 4.39 Å². The van der Waals surface area contributed by atoms with Crippen LogP contribution < -0.4 is 10.6 Å². The molecule has 1 amide bonds. The van der Waals surface area contributed by atoms with Crippen LogP contribution >= 0.6 is 0 Å². The number of carbonyl (C=O) groups excluding carboxylic acids is 1. The molecular formula is C14H17FN2O. The zero-order valence-corrected chi connectivity index (χ0v) is 10.2. The summed E-state index contributed by atoms with van der Waals surface area (Å²) >= 11 is 0. The lowest BCUT2D eigenvalue weighted by Gasteiger charge is -2.07. The van der Waals surface area contributed by atoms with Gasteiger partial charge in [0, 0.05) is 12.6 Å². The van der Waals surface area contributed by atoms with Gasteiger partial charge in [-0.15, -0.1) is 0 Å². The number of halogens is 1. The maximum atomic E-state index is 12.7. The predicted molar refractivity (Wildman–Crippen MR) is 69.4 cm³/mol. The van der Waals surface area contributed by atoms with Crippen molar-refractivity contribution >= 4 is 12.0 Å². The van der Waals surface area contributed by atoms with E-state index in [2.05, 4.69) is 10.6 Å². The Balaban J connectivity index is 1.77. The van der Waals surface area contributed by atoms with E-state index in [1.807, 2.05) is 0 Å². The molecule has 1 unspecified atom stereocenters. The molecular weight excluding hydrogens is 231 g/mol. The second-order valence-corrected chi connectivity index (χ2v) is 4.49. The molecule has 1 fully saturated rings. The highest BCUT2D eigenvalue weighted by atomic mass is 19.1. The standard InChI is InChI=1S/C14H17FN2O/c15-13-4-1-11(2-5-13)3-6-14(18)17-10-12-7-8-16-9-12/h1-6,12,16H,7-10H2,(H,17,18)/b6-3+. The van der Waals surface area contributed by atoms with Crippen molar-refractivity contribution in [2.45, 2.75) is 6.42 Å². The van der Waals surface area contributed by atoms with Gasteiger partial charge in [0.2, 0.25) is 5.91 Å². The van der Waals surface area contributed by atoms with Gasteiger partial charge in [-0.1, -0.05) is 12.1 Å². The first-order valence-electron chi connectivity index (χ1n) is 6.16. The highest BCUT2D eigenvalue weighted by Crippen LogP contribution is 2.06. The van der Waals surface area contributed by atoms with Gasteiger partial charge in [-0.05, 0) is 49.2 Å². The van der Waals surface area contributed by atoms with E-state index in [1.165, 1.54) is 18.2 Å². The molecule has 0 saturated carbocycles. The van der Waals surface area contributed by atoms with Crippen LogP contribution in [0.5, 0.6) is 0 Å². The first-order valence-corrected chi connectivity index (χ1v) is 6.16. The lowest BCUT2D eigenvalue weighted by molar-refractivity contribution is -0.116. The van der Waals surface area contributed by atoms with Crippen molar-refractivity contribution in [1.82, 2.24) is 10.6 Å². The summed E-state index contributed by atoms with van der Waals surface area (Å²) in [5, 5.41) is 6.12. The fourth-order valence-electron chi connectivity index (χ4n) is 1.94. The van der Waals surface area contributed by atoms with Gasteiger partial charge in [0.1, 0.15) is 5.82 Å². The Kier molecular flexibility index (Phi) is 4.47. The molecule has 0 radical (unpaired) electrons. The molecule has 2 rings (SSSR count). The maximum absolute atomic E-state index is 12.7. The molecule has 0 aliphatic carbocycles. The van der Waals surface area contributed by atoms with Crippen LogP contribution in [0.25, 0.3) is 6.08 Å². The largest absolute Gasteiger partial charge is 0.352 e. The minimum absolute atomic E-state index is 0.105. The molecule has 18 heavy (non-hydrogen) atoms. The molecule has 96 valence electrons. The van der Waals surface area contributed by atoms with E-state index in [0.29, 0.717) is 12.5 Å². The Morgan fingerprint density at radius 2 is 2.22 bits per heavy atom. The third-order valence-electron chi connectivity index (χ3n) is 3.02. The minimum atomic E-state index is -0.273. The van der Waals surface area contributed by atoms with E-state index < -0.39 is 0 Å². The Hall–Kier alpha value is -1.68. The van der Waals surface area contributed by atoms with Crippen LogP contribution in [0.15, 0.2) is 30.3 Å². The van der Waals surface area contributed by atoms with Crippen LogP contribution in [0, 0.1) is 11.7 Å². The van der Waals surface area contributed by atoms with Crippen molar-refractivity contribution in [3.63, 3.8) is 0 Å². The normalized spacial score (nSPS) is 19.3. The van der Waals surface area contributed by atoms with Crippen LogP contribution in [0.2, 0.25) is 0 Å². The third kappa shape index (κ3) is 3.96. The van der Waals surface area contributed by atoms with Gasteiger partial charge < -0.3 is 10.6 Å². The predicted octanol–water partition coefficient (Wildman–Crippen LogP) is 1.56. The Morgan fingerprint density at radius 3 is 2.89 bits per heavy atom. The summed E-state index contributed by atoms with van der Waals surface area (Å²) in [6.07, 6.45) is 4.28. The Morgan fingerprint density at radius 1 is 1.44 bits per heavy atom. The number of hydrogen-bond acceptors (Lipinski definition) is 2. The highest BCUT2D eigenvalue weighted by molar-refractivity contribution is 5.91. The van der Waals surface area contributed by atoms with E-state index in [9.17, 15) is 9.18 Å². The van der Waals surface area contributed by atoms with Gasteiger partial charge in [0.15, 0.2) is 0 Å². The fourth-order valence-corrected chi connectivity index (χ4v) is 1.94. The summed E-state index contributed by atoms with van der Waals surface area (Å²) in [4.78, 5) is 11.5. The van der Waals surface area contributed by atoms with Crippen LogP contribution in [0.4, 0.5) is 4.39 Å². The number of rotatable bonds is 4. The monoisotopic (exact) mass is 248 g/mol. The molecule has 0 spiro atoms. The first kappa shape index (κ1) is 12.8. The summed E-state index contributed by atoms with van der Waals surface area (Å²) in [7, 11) is 0. The van der Waals surface area contributed by atoms with E-state index in [0.717, 1.165) is 25.1 Å². The van der Waals surface area contributed by atoms with Gasteiger partial charge in [-0.3, -0.25) is 4.79 Å². The lowest BCUT2D eigenvalue weighted by atomic mass is 10.1. The van der Waals surface area contributed by atoms with Crippen molar-refractivity contribution in [2.75, 3.05) is 19.6 Å². The van der Waals surface area contributed by atoms with Crippen LogP contribution in [-0.4, -0.2) is 25.5 Å². The van der Waals surface area contributed by atoms with E-state index in [1.54, 1.807) is 18.2 Å². The summed E-state index contributed by atoms with van der Waals surface area (Å²) < 4.78 is 12.7. The minimum Gasteiger partial charge on any atom is -0.352 e. The summed E-state index contributed by atoms with van der Waals surface area (Å²) in [6.45, 7) is 2.72. The summed E-state index contributed by atoms with van der Waals surface area (Å²) in [6, 6.07) is 6.03. The molecule has 1 aromatic carbocycles. The number of carbonyl (C=O) groups is 1. The van der Waals surface area contributed by atoms with Gasteiger partial charge in [0.05, 0.1) is 0 Å². The number of nitrogens with one attached hydrogen (secondary N) is 2. The van der Waals surface area contributed by atoms with E-state index >= 15 is 0 Å². The zero-order chi connectivity index (χ0) is 12.8. The van der Waals surface area contributed by atoms with Gasteiger partial charge in [0.25, 0.3) is 0 Å². The van der Waals surface area contributed by atoms with Crippen molar-refractivity contribution in [1.29, 1.82) is 0 Å². The quantitative estimate of drug-likeness (QED) is 0.794. The molecule has 1 atom stereocenters. The number of hydrogen-bond donors (Lipinski definition) is 2.